The highest BCUT2D eigenvalue weighted by Crippen LogP contribution is 2.13. The number of hydrogen-bond donors (Lipinski definition) is 1. The Kier molecular flexibility index (Phi) is 5.08. The minimum absolute atomic E-state index is 0.0215. The molecule has 0 aliphatic rings. The number of benzene rings is 1. The van der Waals surface area contributed by atoms with Gasteiger partial charge in [0.25, 0.3) is 5.91 Å². The van der Waals surface area contributed by atoms with E-state index in [1.54, 1.807) is 42.6 Å². The first-order valence-electron chi connectivity index (χ1n) is 6.24. The number of carbonyl (C=O) groups is 1. The third kappa shape index (κ3) is 4.44. The Balaban J connectivity index is 2.07. The van der Waals surface area contributed by atoms with Gasteiger partial charge >= 0.3 is 0 Å². The summed E-state index contributed by atoms with van der Waals surface area (Å²) in [5.74, 6) is -0.442. The number of amides is 1. The Morgan fingerprint density at radius 2 is 2.19 bits per heavy atom. The number of halogens is 1. The molecule has 0 spiro atoms. The second kappa shape index (κ2) is 7.22. The van der Waals surface area contributed by atoms with Crippen molar-refractivity contribution in [3.05, 3.63) is 70.5 Å². The second-order valence-corrected chi connectivity index (χ2v) is 4.67. The van der Waals surface area contributed by atoms with Crippen LogP contribution < -0.4 is 5.32 Å². The average Bonchev–Trinajstić information content (AvgIpc) is 2.51. The first-order chi connectivity index (χ1) is 10.2. The molecule has 1 heterocycles. The summed E-state index contributed by atoms with van der Waals surface area (Å²) in [4.78, 5) is 16.1. The van der Waals surface area contributed by atoms with Gasteiger partial charge in [-0.2, -0.15) is 5.26 Å². The number of rotatable bonds is 4. The van der Waals surface area contributed by atoms with Crippen molar-refractivity contribution < 1.29 is 4.79 Å². The van der Waals surface area contributed by atoms with Gasteiger partial charge in [0.05, 0.1) is 12.2 Å². The Hall–Kier alpha value is -2.64. The highest BCUT2D eigenvalue weighted by Gasteiger charge is 2.09. The highest BCUT2D eigenvalue weighted by molar-refractivity contribution is 6.30. The maximum absolute atomic E-state index is 12.0. The van der Waals surface area contributed by atoms with Gasteiger partial charge in [-0.25, -0.2) is 0 Å². The minimum atomic E-state index is -0.442. The summed E-state index contributed by atoms with van der Waals surface area (Å²) in [5, 5.41) is 12.3. The fraction of sp³-hybridized carbons (Fsp3) is 0.0625. The summed E-state index contributed by atoms with van der Waals surface area (Å²) in [6.07, 6.45) is 3.15. The van der Waals surface area contributed by atoms with Crippen LogP contribution in [0.5, 0.6) is 0 Å². The van der Waals surface area contributed by atoms with Gasteiger partial charge in [-0.05, 0) is 35.9 Å². The van der Waals surface area contributed by atoms with Crippen molar-refractivity contribution >= 4 is 23.6 Å². The van der Waals surface area contributed by atoms with Gasteiger partial charge < -0.3 is 5.32 Å². The molecule has 2 rings (SSSR count). The van der Waals surface area contributed by atoms with Gasteiger partial charge in [0.2, 0.25) is 0 Å². The van der Waals surface area contributed by atoms with Crippen LogP contribution in [0.4, 0.5) is 0 Å². The van der Waals surface area contributed by atoms with E-state index >= 15 is 0 Å². The molecular weight excluding hydrogens is 286 g/mol. The predicted octanol–water partition coefficient (Wildman–Crippen LogP) is 2.96. The minimum Gasteiger partial charge on any atom is -0.346 e. The number of hydrogen-bond acceptors (Lipinski definition) is 3. The van der Waals surface area contributed by atoms with E-state index in [1.807, 2.05) is 12.1 Å². The molecule has 104 valence electrons. The smallest absolute Gasteiger partial charge is 0.262 e. The van der Waals surface area contributed by atoms with Crippen molar-refractivity contribution in [2.24, 2.45) is 0 Å². The van der Waals surface area contributed by atoms with Crippen LogP contribution in [-0.2, 0) is 11.3 Å². The number of nitriles is 1. The number of aromatic nitrogens is 1. The molecule has 1 N–H and O–H groups in total. The van der Waals surface area contributed by atoms with Crippen LogP contribution in [-0.4, -0.2) is 10.9 Å². The average molecular weight is 298 g/mol. The number of nitrogens with one attached hydrogen (secondary N) is 1. The molecule has 21 heavy (non-hydrogen) atoms. The fourth-order valence-electron chi connectivity index (χ4n) is 1.68. The van der Waals surface area contributed by atoms with E-state index < -0.39 is 5.91 Å². The Morgan fingerprint density at radius 3 is 2.86 bits per heavy atom. The lowest BCUT2D eigenvalue weighted by Gasteiger charge is -2.03. The van der Waals surface area contributed by atoms with Crippen LogP contribution in [0.3, 0.4) is 0 Å². The van der Waals surface area contributed by atoms with E-state index in [9.17, 15) is 4.79 Å². The quantitative estimate of drug-likeness (QED) is 0.697. The molecule has 1 aromatic carbocycles. The molecule has 0 fully saturated rings. The highest BCUT2D eigenvalue weighted by atomic mass is 35.5. The van der Waals surface area contributed by atoms with Crippen LogP contribution in [0, 0.1) is 11.3 Å². The molecule has 0 bridgehead atoms. The third-order valence-corrected chi connectivity index (χ3v) is 2.92. The van der Waals surface area contributed by atoms with Gasteiger partial charge in [0, 0.05) is 11.2 Å². The molecule has 4 nitrogen and oxygen atoms in total. The third-order valence-electron chi connectivity index (χ3n) is 2.68. The second-order valence-electron chi connectivity index (χ2n) is 4.23. The molecule has 5 heteroatoms. The summed E-state index contributed by atoms with van der Waals surface area (Å²) >= 11 is 5.87. The summed E-state index contributed by atoms with van der Waals surface area (Å²) < 4.78 is 0. The molecule has 0 radical (unpaired) electrons. The van der Waals surface area contributed by atoms with Crippen LogP contribution >= 0.6 is 11.6 Å². The molecule has 1 amide bonds. The number of pyridine rings is 1. The maximum atomic E-state index is 12.0. The Bertz CT molecular complexity index is 705. The van der Waals surface area contributed by atoms with E-state index in [4.69, 9.17) is 16.9 Å². The molecule has 0 saturated carbocycles. The summed E-state index contributed by atoms with van der Waals surface area (Å²) in [6, 6.07) is 14.3. The van der Waals surface area contributed by atoms with Crippen LogP contribution in [0.2, 0.25) is 5.02 Å². The van der Waals surface area contributed by atoms with Crippen molar-refractivity contribution in [1.82, 2.24) is 10.3 Å². The van der Waals surface area contributed by atoms with Gasteiger partial charge in [-0.3, -0.25) is 9.78 Å². The lowest BCUT2D eigenvalue weighted by Crippen LogP contribution is -2.24. The number of carbonyl (C=O) groups excluding carboxylic acids is 1. The Morgan fingerprint density at radius 1 is 1.33 bits per heavy atom. The van der Waals surface area contributed by atoms with Crippen molar-refractivity contribution in [2.45, 2.75) is 6.54 Å². The normalized spacial score (nSPS) is 10.8. The monoisotopic (exact) mass is 297 g/mol. The van der Waals surface area contributed by atoms with Crippen LogP contribution in [0.25, 0.3) is 6.08 Å². The molecular formula is C16H12ClN3O. The van der Waals surface area contributed by atoms with Gasteiger partial charge in [-0.15, -0.1) is 0 Å². The van der Waals surface area contributed by atoms with E-state index in [0.29, 0.717) is 10.6 Å². The summed E-state index contributed by atoms with van der Waals surface area (Å²) in [6.45, 7) is 0.272. The number of nitrogens with zero attached hydrogens (tertiary/aromatic N) is 2. The lowest BCUT2D eigenvalue weighted by molar-refractivity contribution is -0.117. The molecule has 2 aromatic rings. The molecule has 0 unspecified atom stereocenters. The summed E-state index contributed by atoms with van der Waals surface area (Å²) in [7, 11) is 0. The molecule has 0 saturated heterocycles. The van der Waals surface area contributed by atoms with Gasteiger partial charge in [-0.1, -0.05) is 29.8 Å². The van der Waals surface area contributed by atoms with Crippen LogP contribution in [0.15, 0.2) is 54.2 Å². The maximum Gasteiger partial charge on any atom is 0.262 e. The first-order valence-corrected chi connectivity index (χ1v) is 6.62. The Labute approximate surface area is 127 Å². The zero-order valence-electron chi connectivity index (χ0n) is 11.1. The molecule has 0 aliphatic carbocycles. The summed E-state index contributed by atoms with van der Waals surface area (Å²) in [5.41, 5.74) is 1.45. The molecule has 0 atom stereocenters. The van der Waals surface area contributed by atoms with Crippen molar-refractivity contribution in [3.63, 3.8) is 0 Å². The predicted molar refractivity (Wildman–Crippen MR) is 81.1 cm³/mol. The molecule has 0 aliphatic heterocycles. The molecule has 1 aromatic heterocycles. The lowest BCUT2D eigenvalue weighted by atomic mass is 10.1. The SMILES string of the molecule is N#CC(=Cc1cccc(Cl)c1)C(=O)NCc1ccccn1. The van der Waals surface area contributed by atoms with E-state index in [0.717, 1.165) is 5.69 Å². The van der Waals surface area contributed by atoms with Crippen LogP contribution in [0.1, 0.15) is 11.3 Å². The first kappa shape index (κ1) is 14.8. The van der Waals surface area contributed by atoms with Gasteiger partial charge in [0.1, 0.15) is 11.6 Å². The van der Waals surface area contributed by atoms with Crippen molar-refractivity contribution in [3.8, 4) is 6.07 Å². The van der Waals surface area contributed by atoms with E-state index in [1.165, 1.54) is 6.08 Å². The zero-order chi connectivity index (χ0) is 15.1. The van der Waals surface area contributed by atoms with Crippen molar-refractivity contribution in [2.75, 3.05) is 0 Å². The standard InChI is InChI=1S/C16H12ClN3O/c17-14-5-3-4-12(9-14)8-13(10-18)16(21)20-11-15-6-1-2-7-19-15/h1-9H,11H2,(H,20,21). The zero-order valence-corrected chi connectivity index (χ0v) is 11.8. The van der Waals surface area contributed by atoms with E-state index in [2.05, 4.69) is 10.3 Å². The van der Waals surface area contributed by atoms with E-state index in [-0.39, 0.29) is 12.1 Å². The van der Waals surface area contributed by atoms with Crippen molar-refractivity contribution in [1.29, 1.82) is 5.26 Å². The largest absolute Gasteiger partial charge is 0.346 e. The fourth-order valence-corrected chi connectivity index (χ4v) is 1.88. The van der Waals surface area contributed by atoms with Gasteiger partial charge in [0.15, 0.2) is 0 Å². The topological polar surface area (TPSA) is 65.8 Å².